The van der Waals surface area contributed by atoms with Crippen LogP contribution in [0.25, 0.3) is 0 Å². The zero-order valence-electron chi connectivity index (χ0n) is 11.0. The lowest BCUT2D eigenvalue weighted by atomic mass is 10.2. The minimum Gasteiger partial charge on any atom is -0.493 e. The van der Waals surface area contributed by atoms with Crippen LogP contribution in [0.15, 0.2) is 24.3 Å². The van der Waals surface area contributed by atoms with Crippen LogP contribution in [0, 0.1) is 0 Å². The Morgan fingerprint density at radius 1 is 1.39 bits per heavy atom. The average Bonchev–Trinajstić information content (AvgIpc) is 2.38. The number of alkyl halides is 1. The van der Waals surface area contributed by atoms with Gasteiger partial charge < -0.3 is 9.64 Å². The molecule has 0 aliphatic carbocycles. The van der Waals surface area contributed by atoms with E-state index >= 15 is 0 Å². The summed E-state index contributed by atoms with van der Waals surface area (Å²) in [6.07, 6.45) is 1.34. The van der Waals surface area contributed by atoms with Crippen LogP contribution in [0.5, 0.6) is 5.75 Å². The van der Waals surface area contributed by atoms with Crippen LogP contribution in [0.3, 0.4) is 0 Å². The number of amides is 1. The van der Waals surface area contributed by atoms with Crippen molar-refractivity contribution in [3.05, 3.63) is 29.8 Å². The average molecular weight is 270 g/mol. The molecule has 0 N–H and O–H groups in total. The monoisotopic (exact) mass is 269 g/mol. The highest BCUT2D eigenvalue weighted by Gasteiger charge is 2.11. The molecule has 0 saturated heterocycles. The molecule has 0 aliphatic rings. The summed E-state index contributed by atoms with van der Waals surface area (Å²) in [7, 11) is 1.78. The Kier molecular flexibility index (Phi) is 6.58. The first kappa shape index (κ1) is 14.8. The van der Waals surface area contributed by atoms with Gasteiger partial charge >= 0.3 is 0 Å². The standard InChI is InChI=1S/C14H20ClNO2/c1-3-10-18-13-7-5-4-6-12(13)11-16(2)14(17)8-9-15/h4-7H,3,8-11H2,1-2H3. The van der Waals surface area contributed by atoms with Gasteiger partial charge in [0.2, 0.25) is 5.91 Å². The van der Waals surface area contributed by atoms with Gasteiger partial charge in [0.1, 0.15) is 5.75 Å². The van der Waals surface area contributed by atoms with Crippen molar-refractivity contribution in [1.82, 2.24) is 4.90 Å². The number of para-hydroxylation sites is 1. The van der Waals surface area contributed by atoms with Crippen molar-refractivity contribution in [2.24, 2.45) is 0 Å². The van der Waals surface area contributed by atoms with Crippen LogP contribution in [0.1, 0.15) is 25.3 Å². The second-order valence-corrected chi connectivity index (χ2v) is 4.52. The molecule has 0 fully saturated rings. The molecule has 0 radical (unpaired) electrons. The van der Waals surface area contributed by atoms with Crippen LogP contribution in [-0.4, -0.2) is 30.3 Å². The van der Waals surface area contributed by atoms with E-state index in [-0.39, 0.29) is 5.91 Å². The Morgan fingerprint density at radius 2 is 2.11 bits per heavy atom. The fourth-order valence-corrected chi connectivity index (χ4v) is 1.76. The first-order chi connectivity index (χ1) is 8.69. The first-order valence-corrected chi connectivity index (χ1v) is 6.73. The molecule has 100 valence electrons. The summed E-state index contributed by atoms with van der Waals surface area (Å²) in [5, 5.41) is 0. The number of nitrogens with zero attached hydrogens (tertiary/aromatic N) is 1. The van der Waals surface area contributed by atoms with Crippen LogP contribution in [0.2, 0.25) is 0 Å². The van der Waals surface area contributed by atoms with E-state index in [4.69, 9.17) is 16.3 Å². The van der Waals surface area contributed by atoms with E-state index in [0.29, 0.717) is 25.5 Å². The predicted molar refractivity (Wildman–Crippen MR) is 74.0 cm³/mol. The molecule has 0 aromatic heterocycles. The first-order valence-electron chi connectivity index (χ1n) is 6.19. The summed E-state index contributed by atoms with van der Waals surface area (Å²) in [6.45, 7) is 3.31. The highest BCUT2D eigenvalue weighted by Crippen LogP contribution is 2.19. The fraction of sp³-hybridized carbons (Fsp3) is 0.500. The van der Waals surface area contributed by atoms with Crippen molar-refractivity contribution < 1.29 is 9.53 Å². The van der Waals surface area contributed by atoms with Crippen molar-refractivity contribution in [3.63, 3.8) is 0 Å². The smallest absolute Gasteiger partial charge is 0.223 e. The molecule has 1 amide bonds. The largest absolute Gasteiger partial charge is 0.493 e. The second-order valence-electron chi connectivity index (χ2n) is 4.14. The van der Waals surface area contributed by atoms with Gasteiger partial charge in [0.15, 0.2) is 0 Å². The summed E-state index contributed by atoms with van der Waals surface area (Å²) in [4.78, 5) is 13.4. The van der Waals surface area contributed by atoms with Gasteiger partial charge in [-0.3, -0.25) is 4.79 Å². The van der Waals surface area contributed by atoms with Crippen LogP contribution < -0.4 is 4.74 Å². The molecule has 0 aliphatic heterocycles. The molecule has 18 heavy (non-hydrogen) atoms. The Hall–Kier alpha value is -1.22. The zero-order valence-corrected chi connectivity index (χ0v) is 11.7. The number of benzene rings is 1. The fourth-order valence-electron chi connectivity index (χ4n) is 1.60. The SMILES string of the molecule is CCCOc1ccccc1CN(C)C(=O)CCCl. The Balaban J connectivity index is 2.68. The normalized spacial score (nSPS) is 10.2. The number of carbonyl (C=O) groups excluding carboxylic acids is 1. The molecule has 0 bridgehead atoms. The van der Waals surface area contributed by atoms with Gasteiger partial charge in [-0.2, -0.15) is 0 Å². The third kappa shape index (κ3) is 4.57. The number of halogens is 1. The molecule has 0 atom stereocenters. The Bertz CT molecular complexity index is 382. The van der Waals surface area contributed by atoms with Crippen molar-refractivity contribution in [2.75, 3.05) is 19.5 Å². The quantitative estimate of drug-likeness (QED) is 0.712. The lowest BCUT2D eigenvalue weighted by molar-refractivity contribution is -0.130. The summed E-state index contributed by atoms with van der Waals surface area (Å²) in [5.41, 5.74) is 1.02. The van der Waals surface area contributed by atoms with Gasteiger partial charge in [-0.05, 0) is 12.5 Å². The van der Waals surface area contributed by atoms with Crippen molar-refractivity contribution >= 4 is 17.5 Å². The summed E-state index contributed by atoms with van der Waals surface area (Å²) < 4.78 is 5.66. The maximum atomic E-state index is 11.7. The summed E-state index contributed by atoms with van der Waals surface area (Å²) in [6, 6.07) is 7.81. The van der Waals surface area contributed by atoms with Crippen molar-refractivity contribution in [3.8, 4) is 5.75 Å². The number of hydrogen-bond donors (Lipinski definition) is 0. The Labute approximate surface area is 114 Å². The van der Waals surface area contributed by atoms with Gasteiger partial charge in [-0.15, -0.1) is 11.6 Å². The zero-order chi connectivity index (χ0) is 13.4. The van der Waals surface area contributed by atoms with Gasteiger partial charge in [0.25, 0.3) is 0 Å². The predicted octanol–water partition coefficient (Wildman–Crippen LogP) is 3.06. The van der Waals surface area contributed by atoms with E-state index in [2.05, 4.69) is 6.92 Å². The molecular weight excluding hydrogens is 250 g/mol. The van der Waals surface area contributed by atoms with E-state index in [9.17, 15) is 4.79 Å². The third-order valence-corrected chi connectivity index (χ3v) is 2.76. The minimum absolute atomic E-state index is 0.0512. The van der Waals surface area contributed by atoms with E-state index in [1.54, 1.807) is 11.9 Å². The lowest BCUT2D eigenvalue weighted by Gasteiger charge is -2.19. The van der Waals surface area contributed by atoms with Crippen LogP contribution >= 0.6 is 11.6 Å². The number of carbonyl (C=O) groups is 1. The van der Waals surface area contributed by atoms with Crippen LogP contribution in [0.4, 0.5) is 0 Å². The van der Waals surface area contributed by atoms with E-state index in [0.717, 1.165) is 17.7 Å². The molecular formula is C14H20ClNO2. The Morgan fingerprint density at radius 3 is 2.78 bits per heavy atom. The summed E-state index contributed by atoms with van der Waals surface area (Å²) >= 11 is 5.57. The molecule has 1 rings (SSSR count). The van der Waals surface area contributed by atoms with Crippen LogP contribution in [-0.2, 0) is 11.3 Å². The molecule has 0 spiro atoms. The van der Waals surface area contributed by atoms with Crippen molar-refractivity contribution in [1.29, 1.82) is 0 Å². The molecule has 0 heterocycles. The number of ether oxygens (including phenoxy) is 1. The molecule has 4 heteroatoms. The van der Waals surface area contributed by atoms with E-state index in [1.165, 1.54) is 0 Å². The highest BCUT2D eigenvalue weighted by molar-refractivity contribution is 6.18. The van der Waals surface area contributed by atoms with Crippen molar-refractivity contribution in [2.45, 2.75) is 26.3 Å². The number of hydrogen-bond acceptors (Lipinski definition) is 2. The molecule has 1 aromatic carbocycles. The van der Waals surface area contributed by atoms with Gasteiger partial charge in [-0.1, -0.05) is 25.1 Å². The minimum atomic E-state index is 0.0512. The maximum absolute atomic E-state index is 11.7. The summed E-state index contributed by atoms with van der Waals surface area (Å²) in [5.74, 6) is 1.26. The van der Waals surface area contributed by atoms with E-state index in [1.807, 2.05) is 24.3 Å². The molecule has 3 nitrogen and oxygen atoms in total. The highest BCUT2D eigenvalue weighted by atomic mass is 35.5. The second kappa shape index (κ2) is 7.98. The number of rotatable bonds is 7. The van der Waals surface area contributed by atoms with Gasteiger partial charge in [0.05, 0.1) is 6.61 Å². The maximum Gasteiger partial charge on any atom is 0.223 e. The molecule has 0 unspecified atom stereocenters. The van der Waals surface area contributed by atoms with E-state index < -0.39 is 0 Å². The lowest BCUT2D eigenvalue weighted by Crippen LogP contribution is -2.26. The molecule has 1 aromatic rings. The van der Waals surface area contributed by atoms with Gasteiger partial charge in [0, 0.05) is 31.5 Å². The molecule has 0 saturated carbocycles. The van der Waals surface area contributed by atoms with Gasteiger partial charge in [-0.25, -0.2) is 0 Å². The topological polar surface area (TPSA) is 29.5 Å². The third-order valence-electron chi connectivity index (χ3n) is 2.58.